The van der Waals surface area contributed by atoms with Crippen molar-refractivity contribution in [3.8, 4) is 0 Å². The first-order chi connectivity index (χ1) is 9.48. The van der Waals surface area contributed by atoms with Gasteiger partial charge in [0.1, 0.15) is 0 Å². The van der Waals surface area contributed by atoms with Crippen molar-refractivity contribution in [2.75, 3.05) is 18.4 Å². The molecular formula is C15H30N4O. The maximum atomic E-state index is 5.62. The molecule has 0 amide bonds. The maximum Gasteiger partial charge on any atom is 0.315 e. The molecule has 5 nitrogen and oxygen atoms in total. The second kappa shape index (κ2) is 8.25. The van der Waals surface area contributed by atoms with Crippen LogP contribution in [0.1, 0.15) is 72.2 Å². The first-order valence-electron chi connectivity index (χ1n) is 7.79. The summed E-state index contributed by atoms with van der Waals surface area (Å²) < 4.78 is 5.62. The van der Waals surface area contributed by atoms with Crippen LogP contribution >= 0.6 is 0 Å². The minimum absolute atomic E-state index is 0.0978. The molecule has 1 aromatic heterocycles. The summed E-state index contributed by atoms with van der Waals surface area (Å²) in [7, 11) is 0. The van der Waals surface area contributed by atoms with Gasteiger partial charge in [0.05, 0.1) is 6.04 Å². The predicted molar refractivity (Wildman–Crippen MR) is 82.8 cm³/mol. The molecule has 1 atom stereocenters. The van der Waals surface area contributed by atoms with E-state index < -0.39 is 0 Å². The van der Waals surface area contributed by atoms with Crippen LogP contribution < -0.4 is 10.6 Å². The van der Waals surface area contributed by atoms with E-state index in [0.717, 1.165) is 13.1 Å². The number of rotatable bonds is 10. The molecule has 1 rings (SSSR count). The number of nitrogens with zero attached hydrogens (tertiary/aromatic N) is 2. The van der Waals surface area contributed by atoms with Gasteiger partial charge in [-0.05, 0) is 25.3 Å². The average molecular weight is 282 g/mol. The molecular weight excluding hydrogens is 252 g/mol. The Morgan fingerprint density at radius 1 is 1.20 bits per heavy atom. The highest BCUT2D eigenvalue weighted by atomic mass is 16.4. The van der Waals surface area contributed by atoms with E-state index in [9.17, 15) is 0 Å². The summed E-state index contributed by atoms with van der Waals surface area (Å²) in [5.41, 5.74) is 0.247. The van der Waals surface area contributed by atoms with Gasteiger partial charge in [-0.15, -0.1) is 5.10 Å². The Morgan fingerprint density at radius 2 is 1.95 bits per heavy atom. The lowest BCUT2D eigenvalue weighted by Gasteiger charge is -2.24. The smallest absolute Gasteiger partial charge is 0.315 e. The molecule has 0 saturated heterocycles. The summed E-state index contributed by atoms with van der Waals surface area (Å²) >= 11 is 0. The molecule has 1 aromatic rings. The van der Waals surface area contributed by atoms with Gasteiger partial charge < -0.3 is 15.1 Å². The van der Waals surface area contributed by atoms with Crippen LogP contribution in [0, 0.1) is 5.41 Å². The van der Waals surface area contributed by atoms with E-state index in [0.29, 0.717) is 11.9 Å². The predicted octanol–water partition coefficient (Wildman–Crippen LogP) is 3.76. The highest BCUT2D eigenvalue weighted by molar-refractivity contribution is 5.18. The third-order valence-corrected chi connectivity index (χ3v) is 3.50. The van der Waals surface area contributed by atoms with Crippen molar-refractivity contribution in [2.24, 2.45) is 5.41 Å². The van der Waals surface area contributed by atoms with Gasteiger partial charge in [0, 0.05) is 6.54 Å². The van der Waals surface area contributed by atoms with Crippen LogP contribution in [0.4, 0.5) is 6.01 Å². The van der Waals surface area contributed by atoms with Crippen molar-refractivity contribution >= 4 is 6.01 Å². The minimum atomic E-state index is 0.0978. The number of unbranched alkanes of at least 4 members (excludes halogenated alkanes) is 2. The van der Waals surface area contributed by atoms with Gasteiger partial charge >= 0.3 is 6.01 Å². The summed E-state index contributed by atoms with van der Waals surface area (Å²) in [5.74, 6) is 0.637. The zero-order valence-corrected chi connectivity index (χ0v) is 13.6. The van der Waals surface area contributed by atoms with E-state index in [1.54, 1.807) is 0 Å². The molecule has 116 valence electrons. The van der Waals surface area contributed by atoms with Crippen molar-refractivity contribution < 1.29 is 4.42 Å². The van der Waals surface area contributed by atoms with Gasteiger partial charge in [0.15, 0.2) is 0 Å². The number of anilines is 1. The van der Waals surface area contributed by atoms with Gasteiger partial charge in [-0.25, -0.2) is 0 Å². The molecule has 2 N–H and O–H groups in total. The van der Waals surface area contributed by atoms with Crippen molar-refractivity contribution in [1.29, 1.82) is 0 Å². The van der Waals surface area contributed by atoms with Gasteiger partial charge in [-0.1, -0.05) is 52.1 Å². The number of nitrogens with one attached hydrogen (secondary N) is 2. The Labute approximate surface area is 122 Å². The highest BCUT2D eigenvalue weighted by Gasteiger charge is 2.19. The van der Waals surface area contributed by atoms with Crippen LogP contribution in [0.3, 0.4) is 0 Å². The van der Waals surface area contributed by atoms with Crippen molar-refractivity contribution in [1.82, 2.24) is 15.5 Å². The van der Waals surface area contributed by atoms with Gasteiger partial charge in [0.25, 0.3) is 0 Å². The SMILES string of the molecule is CCCCCC(C)(C)CNc1nnc(C(C)NCC)o1. The standard InChI is InChI=1S/C15H30N4O/c1-6-8-9-10-15(4,5)11-17-14-19-18-13(20-14)12(3)16-7-2/h12,16H,6-11H2,1-5H3,(H,17,19). The molecule has 5 heteroatoms. The lowest BCUT2D eigenvalue weighted by atomic mass is 9.87. The zero-order chi connectivity index (χ0) is 15.0. The van der Waals surface area contributed by atoms with Crippen LogP contribution in [0.25, 0.3) is 0 Å². The number of aromatic nitrogens is 2. The number of hydrogen-bond acceptors (Lipinski definition) is 5. The molecule has 0 aliphatic rings. The van der Waals surface area contributed by atoms with E-state index in [2.05, 4.69) is 48.5 Å². The van der Waals surface area contributed by atoms with E-state index in [1.165, 1.54) is 25.7 Å². The van der Waals surface area contributed by atoms with Crippen molar-refractivity contribution in [3.63, 3.8) is 0 Å². The summed E-state index contributed by atoms with van der Waals surface area (Å²) in [4.78, 5) is 0. The Kier molecular flexibility index (Phi) is 6.99. The second-order valence-corrected chi connectivity index (χ2v) is 6.20. The summed E-state index contributed by atoms with van der Waals surface area (Å²) in [5, 5.41) is 14.6. The van der Waals surface area contributed by atoms with E-state index >= 15 is 0 Å². The fraction of sp³-hybridized carbons (Fsp3) is 0.867. The van der Waals surface area contributed by atoms with Crippen LogP contribution in [0.5, 0.6) is 0 Å². The number of hydrogen-bond donors (Lipinski definition) is 2. The molecule has 0 saturated carbocycles. The first kappa shape index (κ1) is 17.0. The molecule has 1 unspecified atom stereocenters. The van der Waals surface area contributed by atoms with Gasteiger partial charge in [-0.2, -0.15) is 0 Å². The fourth-order valence-electron chi connectivity index (χ4n) is 2.13. The quantitative estimate of drug-likeness (QED) is 0.640. The molecule has 0 aliphatic heterocycles. The molecule has 20 heavy (non-hydrogen) atoms. The summed E-state index contributed by atoms with van der Waals surface area (Å²) in [6, 6.07) is 0.619. The largest absolute Gasteiger partial charge is 0.406 e. The van der Waals surface area contributed by atoms with Crippen molar-refractivity contribution in [3.05, 3.63) is 5.89 Å². The van der Waals surface area contributed by atoms with Crippen molar-refractivity contribution in [2.45, 2.75) is 66.3 Å². The Hall–Kier alpha value is -1.10. The monoisotopic (exact) mass is 282 g/mol. The van der Waals surface area contributed by atoms with E-state index in [4.69, 9.17) is 4.42 Å². The Morgan fingerprint density at radius 3 is 2.60 bits per heavy atom. The summed E-state index contributed by atoms with van der Waals surface area (Å²) in [6.45, 7) is 12.6. The Bertz CT molecular complexity index is 376. The molecule has 0 aromatic carbocycles. The lowest BCUT2D eigenvalue weighted by molar-refractivity contribution is 0.337. The van der Waals surface area contributed by atoms with Gasteiger partial charge in [-0.3, -0.25) is 0 Å². The zero-order valence-electron chi connectivity index (χ0n) is 13.6. The molecule has 0 aliphatic carbocycles. The Balaban J connectivity index is 2.41. The maximum absolute atomic E-state index is 5.62. The van der Waals surface area contributed by atoms with Crippen LogP contribution in [-0.2, 0) is 0 Å². The van der Waals surface area contributed by atoms with Crippen LogP contribution in [-0.4, -0.2) is 23.3 Å². The van der Waals surface area contributed by atoms with Gasteiger partial charge in [0.2, 0.25) is 5.89 Å². The first-order valence-corrected chi connectivity index (χ1v) is 7.79. The lowest BCUT2D eigenvalue weighted by Crippen LogP contribution is -2.23. The molecule has 0 fully saturated rings. The molecule has 0 bridgehead atoms. The third kappa shape index (κ3) is 5.90. The highest BCUT2D eigenvalue weighted by Crippen LogP contribution is 2.24. The fourth-order valence-corrected chi connectivity index (χ4v) is 2.13. The topological polar surface area (TPSA) is 63.0 Å². The average Bonchev–Trinajstić information content (AvgIpc) is 2.86. The van der Waals surface area contributed by atoms with Crippen LogP contribution in [0.2, 0.25) is 0 Å². The van der Waals surface area contributed by atoms with E-state index in [-0.39, 0.29) is 11.5 Å². The van der Waals surface area contributed by atoms with E-state index in [1.807, 2.05) is 6.92 Å². The normalized spacial score (nSPS) is 13.4. The second-order valence-electron chi connectivity index (χ2n) is 6.20. The molecule has 0 spiro atoms. The minimum Gasteiger partial charge on any atom is -0.406 e. The molecule has 1 heterocycles. The molecule has 0 radical (unpaired) electrons. The summed E-state index contributed by atoms with van der Waals surface area (Å²) in [6.07, 6.45) is 5.05. The third-order valence-electron chi connectivity index (χ3n) is 3.50. The van der Waals surface area contributed by atoms with Crippen LogP contribution in [0.15, 0.2) is 4.42 Å².